The Morgan fingerprint density at radius 2 is 2.17 bits per heavy atom. The Balaban J connectivity index is 2.76. The summed E-state index contributed by atoms with van der Waals surface area (Å²) < 4.78 is 0. The molecule has 0 aliphatic heterocycles. The van der Waals surface area contributed by atoms with Gasteiger partial charge in [-0.05, 0) is 57.7 Å². The first-order valence-corrected chi connectivity index (χ1v) is 6.97. The van der Waals surface area contributed by atoms with Gasteiger partial charge in [0.2, 0.25) is 0 Å². The van der Waals surface area contributed by atoms with Crippen molar-refractivity contribution in [2.75, 3.05) is 6.54 Å². The SMILES string of the molecule is C=CCCCC(NCCC)c1ccc(C)nc1C. The van der Waals surface area contributed by atoms with Gasteiger partial charge in [0, 0.05) is 17.4 Å². The summed E-state index contributed by atoms with van der Waals surface area (Å²) in [5, 5.41) is 3.63. The van der Waals surface area contributed by atoms with E-state index < -0.39 is 0 Å². The van der Waals surface area contributed by atoms with Crippen LogP contribution < -0.4 is 5.32 Å². The Morgan fingerprint density at radius 1 is 1.39 bits per heavy atom. The van der Waals surface area contributed by atoms with Crippen LogP contribution in [0.15, 0.2) is 24.8 Å². The number of hydrogen-bond donors (Lipinski definition) is 1. The van der Waals surface area contributed by atoms with E-state index in [4.69, 9.17) is 0 Å². The van der Waals surface area contributed by atoms with Gasteiger partial charge in [0.1, 0.15) is 0 Å². The van der Waals surface area contributed by atoms with Crippen molar-refractivity contribution in [3.63, 3.8) is 0 Å². The maximum Gasteiger partial charge on any atom is 0.0423 e. The highest BCUT2D eigenvalue weighted by molar-refractivity contribution is 5.25. The first-order valence-electron chi connectivity index (χ1n) is 6.97. The Labute approximate surface area is 112 Å². The second-order valence-electron chi connectivity index (χ2n) is 4.85. The molecule has 0 saturated carbocycles. The van der Waals surface area contributed by atoms with E-state index in [1.165, 1.54) is 12.0 Å². The first kappa shape index (κ1) is 14.9. The first-order chi connectivity index (χ1) is 8.69. The van der Waals surface area contributed by atoms with E-state index in [2.05, 4.69) is 42.9 Å². The summed E-state index contributed by atoms with van der Waals surface area (Å²) in [6, 6.07) is 4.76. The van der Waals surface area contributed by atoms with Crippen LogP contribution in [0.1, 0.15) is 55.6 Å². The molecule has 2 heteroatoms. The van der Waals surface area contributed by atoms with Gasteiger partial charge in [-0.25, -0.2) is 0 Å². The predicted molar refractivity (Wildman–Crippen MR) is 78.8 cm³/mol. The van der Waals surface area contributed by atoms with E-state index in [1.807, 2.05) is 13.0 Å². The third-order valence-corrected chi connectivity index (χ3v) is 3.18. The van der Waals surface area contributed by atoms with Crippen molar-refractivity contribution in [1.29, 1.82) is 0 Å². The van der Waals surface area contributed by atoms with Gasteiger partial charge < -0.3 is 5.32 Å². The lowest BCUT2D eigenvalue weighted by atomic mass is 9.99. The second kappa shape index (κ2) is 8.04. The summed E-state index contributed by atoms with van der Waals surface area (Å²) in [5.41, 5.74) is 3.59. The van der Waals surface area contributed by atoms with Gasteiger partial charge in [0.15, 0.2) is 0 Å². The number of nitrogens with zero attached hydrogens (tertiary/aromatic N) is 1. The van der Waals surface area contributed by atoms with Crippen LogP contribution in [-0.4, -0.2) is 11.5 Å². The fourth-order valence-electron chi connectivity index (χ4n) is 2.22. The smallest absolute Gasteiger partial charge is 0.0423 e. The summed E-state index contributed by atoms with van der Waals surface area (Å²) in [6.07, 6.45) is 6.58. The number of pyridine rings is 1. The monoisotopic (exact) mass is 246 g/mol. The number of rotatable bonds is 8. The van der Waals surface area contributed by atoms with Crippen molar-refractivity contribution in [3.8, 4) is 0 Å². The Bertz CT molecular complexity index is 371. The third kappa shape index (κ3) is 4.61. The lowest BCUT2D eigenvalue weighted by Crippen LogP contribution is -2.23. The van der Waals surface area contributed by atoms with Crippen LogP contribution in [0.25, 0.3) is 0 Å². The van der Waals surface area contributed by atoms with E-state index in [0.29, 0.717) is 6.04 Å². The molecule has 1 atom stereocenters. The molecule has 0 saturated heterocycles. The Kier molecular flexibility index (Phi) is 6.66. The van der Waals surface area contributed by atoms with Gasteiger partial charge in [0.25, 0.3) is 0 Å². The van der Waals surface area contributed by atoms with E-state index in [9.17, 15) is 0 Å². The third-order valence-electron chi connectivity index (χ3n) is 3.18. The van der Waals surface area contributed by atoms with Crippen LogP contribution in [0.2, 0.25) is 0 Å². The van der Waals surface area contributed by atoms with Crippen LogP contribution in [0, 0.1) is 13.8 Å². The highest BCUT2D eigenvalue weighted by Gasteiger charge is 2.13. The molecule has 1 rings (SSSR count). The summed E-state index contributed by atoms with van der Waals surface area (Å²) in [7, 11) is 0. The predicted octanol–water partition coefficient (Wildman–Crippen LogP) is 4.10. The zero-order valence-electron chi connectivity index (χ0n) is 12.0. The summed E-state index contributed by atoms with van der Waals surface area (Å²) in [6.45, 7) is 11.2. The molecule has 0 amide bonds. The zero-order valence-corrected chi connectivity index (χ0v) is 12.0. The molecule has 1 heterocycles. The van der Waals surface area contributed by atoms with Gasteiger partial charge in [-0.1, -0.05) is 19.1 Å². The number of aryl methyl sites for hydroxylation is 2. The highest BCUT2D eigenvalue weighted by Crippen LogP contribution is 2.22. The minimum absolute atomic E-state index is 0.429. The highest BCUT2D eigenvalue weighted by atomic mass is 14.9. The van der Waals surface area contributed by atoms with Crippen LogP contribution in [0.4, 0.5) is 0 Å². The molecule has 0 aliphatic carbocycles. The molecule has 18 heavy (non-hydrogen) atoms. The molecule has 1 unspecified atom stereocenters. The molecule has 1 N–H and O–H groups in total. The van der Waals surface area contributed by atoms with Crippen LogP contribution in [-0.2, 0) is 0 Å². The molecule has 100 valence electrons. The molecule has 1 aromatic heterocycles. The Hall–Kier alpha value is -1.15. The maximum atomic E-state index is 4.57. The maximum absolute atomic E-state index is 4.57. The van der Waals surface area contributed by atoms with Crippen molar-refractivity contribution in [1.82, 2.24) is 10.3 Å². The molecule has 0 bridgehead atoms. The van der Waals surface area contributed by atoms with Crippen molar-refractivity contribution in [2.45, 2.75) is 52.5 Å². The van der Waals surface area contributed by atoms with Gasteiger partial charge in [-0.3, -0.25) is 4.98 Å². The average Bonchev–Trinajstić information content (AvgIpc) is 2.34. The quantitative estimate of drug-likeness (QED) is 0.552. The van der Waals surface area contributed by atoms with Crippen molar-refractivity contribution < 1.29 is 0 Å². The summed E-state index contributed by atoms with van der Waals surface area (Å²) >= 11 is 0. The number of aromatic nitrogens is 1. The lowest BCUT2D eigenvalue weighted by Gasteiger charge is -2.20. The van der Waals surface area contributed by atoms with Gasteiger partial charge in [-0.15, -0.1) is 6.58 Å². The van der Waals surface area contributed by atoms with Gasteiger partial charge in [0.05, 0.1) is 0 Å². The van der Waals surface area contributed by atoms with Crippen molar-refractivity contribution in [3.05, 3.63) is 41.7 Å². The minimum Gasteiger partial charge on any atom is -0.310 e. The molecule has 0 aliphatic rings. The Morgan fingerprint density at radius 3 is 2.78 bits per heavy atom. The molecule has 0 spiro atoms. The normalized spacial score (nSPS) is 12.4. The number of allylic oxidation sites excluding steroid dienone is 1. The van der Waals surface area contributed by atoms with Crippen molar-refractivity contribution in [2.24, 2.45) is 0 Å². The molecular formula is C16H26N2. The summed E-state index contributed by atoms with van der Waals surface area (Å²) in [4.78, 5) is 4.57. The fourth-order valence-corrected chi connectivity index (χ4v) is 2.22. The zero-order chi connectivity index (χ0) is 13.4. The summed E-state index contributed by atoms with van der Waals surface area (Å²) in [5.74, 6) is 0. The number of nitrogens with one attached hydrogen (secondary N) is 1. The van der Waals surface area contributed by atoms with Crippen molar-refractivity contribution >= 4 is 0 Å². The number of hydrogen-bond acceptors (Lipinski definition) is 2. The van der Waals surface area contributed by atoms with E-state index in [0.717, 1.165) is 37.2 Å². The topological polar surface area (TPSA) is 24.9 Å². The lowest BCUT2D eigenvalue weighted by molar-refractivity contribution is 0.483. The van der Waals surface area contributed by atoms with Crippen LogP contribution in [0.5, 0.6) is 0 Å². The standard InChI is InChI=1S/C16H26N2/c1-5-7-8-9-16(17-12-6-2)15-11-10-13(3)18-14(15)4/h5,10-11,16-17H,1,6-9,12H2,2-4H3. The minimum atomic E-state index is 0.429. The van der Waals surface area contributed by atoms with E-state index >= 15 is 0 Å². The molecular weight excluding hydrogens is 220 g/mol. The average molecular weight is 246 g/mol. The second-order valence-corrected chi connectivity index (χ2v) is 4.85. The largest absolute Gasteiger partial charge is 0.310 e. The molecule has 0 fully saturated rings. The molecule has 1 aromatic rings. The van der Waals surface area contributed by atoms with E-state index in [-0.39, 0.29) is 0 Å². The molecule has 0 aromatic carbocycles. The van der Waals surface area contributed by atoms with Gasteiger partial charge in [-0.2, -0.15) is 0 Å². The molecule has 0 radical (unpaired) electrons. The van der Waals surface area contributed by atoms with E-state index in [1.54, 1.807) is 0 Å². The molecule has 2 nitrogen and oxygen atoms in total. The van der Waals surface area contributed by atoms with Crippen LogP contribution >= 0.6 is 0 Å². The van der Waals surface area contributed by atoms with Gasteiger partial charge >= 0.3 is 0 Å². The van der Waals surface area contributed by atoms with Crippen LogP contribution in [0.3, 0.4) is 0 Å². The fraction of sp³-hybridized carbons (Fsp3) is 0.562. The number of unbranched alkanes of at least 4 members (excludes halogenated alkanes) is 1.